The van der Waals surface area contributed by atoms with Gasteiger partial charge in [0.05, 0.1) is 0 Å². The number of nitriles is 1. The van der Waals surface area contributed by atoms with E-state index in [0.717, 1.165) is 0 Å². The Morgan fingerprint density at radius 3 is 2.79 bits per heavy atom. The summed E-state index contributed by atoms with van der Waals surface area (Å²) in [7, 11) is 0. The fourth-order valence-corrected chi connectivity index (χ4v) is 0.438. The van der Waals surface area contributed by atoms with Gasteiger partial charge in [-0.15, -0.1) is 0 Å². The van der Waals surface area contributed by atoms with E-state index >= 15 is 0 Å². The van der Waals surface area contributed by atoms with Gasteiger partial charge in [-0.3, -0.25) is 10.1 Å². The van der Waals surface area contributed by atoms with E-state index in [2.05, 4.69) is 22.3 Å². The molecule has 0 spiro atoms. The van der Waals surface area contributed by atoms with Gasteiger partial charge in [0.25, 0.3) is 5.91 Å². The first-order chi connectivity index (χ1) is 6.61. The Balaban J connectivity index is 4.33. The quantitative estimate of drug-likeness (QED) is 0.266. The zero-order chi connectivity index (χ0) is 11.0. The molecule has 0 aromatic heterocycles. The van der Waals surface area contributed by atoms with Gasteiger partial charge in [0.2, 0.25) is 5.71 Å². The molecule has 14 heavy (non-hydrogen) atoms. The summed E-state index contributed by atoms with van der Waals surface area (Å²) in [6.07, 6.45) is 1.38. The second-order valence-electron chi connectivity index (χ2n) is 1.95. The van der Waals surface area contributed by atoms with Crippen LogP contribution in [0.4, 0.5) is 4.79 Å². The molecule has 3 N–H and O–H groups in total. The number of hydrogen-bond donors (Lipinski definition) is 2. The molecular formula is C7H8N4O3. The number of imide groups is 1. The molecule has 0 aliphatic heterocycles. The minimum atomic E-state index is -1.07. The molecule has 7 nitrogen and oxygen atoms in total. The van der Waals surface area contributed by atoms with Gasteiger partial charge in [0.1, 0.15) is 12.7 Å². The van der Waals surface area contributed by atoms with Gasteiger partial charge >= 0.3 is 6.03 Å². The molecule has 0 saturated heterocycles. The summed E-state index contributed by atoms with van der Waals surface area (Å²) in [6.45, 7) is 3.38. The van der Waals surface area contributed by atoms with E-state index in [0.29, 0.717) is 0 Å². The summed E-state index contributed by atoms with van der Waals surface area (Å²) in [5.74, 6) is -1.01. The molecule has 0 aliphatic carbocycles. The van der Waals surface area contributed by atoms with Crippen molar-refractivity contribution in [3.8, 4) is 6.07 Å². The number of nitrogens with one attached hydrogen (secondary N) is 1. The zero-order valence-electron chi connectivity index (χ0n) is 7.19. The Morgan fingerprint density at radius 2 is 2.36 bits per heavy atom. The van der Waals surface area contributed by atoms with E-state index in [4.69, 9.17) is 5.26 Å². The molecule has 0 bridgehead atoms. The summed E-state index contributed by atoms with van der Waals surface area (Å²) in [4.78, 5) is 25.6. The van der Waals surface area contributed by atoms with Crippen LogP contribution in [0.3, 0.4) is 0 Å². The van der Waals surface area contributed by atoms with Crippen molar-refractivity contribution in [3.63, 3.8) is 0 Å². The third-order valence-corrected chi connectivity index (χ3v) is 0.906. The highest BCUT2D eigenvalue weighted by molar-refractivity contribution is 6.46. The van der Waals surface area contributed by atoms with E-state index < -0.39 is 17.6 Å². The molecular weight excluding hydrogens is 188 g/mol. The molecule has 0 atom stereocenters. The lowest BCUT2D eigenvalue weighted by Crippen LogP contribution is -2.39. The maximum Gasteiger partial charge on any atom is 0.319 e. The topological polar surface area (TPSA) is 118 Å². The van der Waals surface area contributed by atoms with Crippen LogP contribution >= 0.6 is 0 Å². The Hall–Kier alpha value is -2.36. The van der Waals surface area contributed by atoms with Crippen LogP contribution in [0.1, 0.15) is 0 Å². The molecule has 0 aromatic rings. The van der Waals surface area contributed by atoms with E-state index in [1.54, 1.807) is 5.32 Å². The van der Waals surface area contributed by atoms with Gasteiger partial charge in [0.15, 0.2) is 0 Å². The highest BCUT2D eigenvalue weighted by Gasteiger charge is 2.12. The summed E-state index contributed by atoms with van der Waals surface area (Å²) in [6, 6.07) is 0.369. The van der Waals surface area contributed by atoms with Crippen LogP contribution in [0.5, 0.6) is 0 Å². The van der Waals surface area contributed by atoms with Crippen molar-refractivity contribution in [3.05, 3.63) is 12.7 Å². The van der Waals surface area contributed by atoms with E-state index in [-0.39, 0.29) is 6.61 Å². The van der Waals surface area contributed by atoms with E-state index in [1.165, 1.54) is 12.1 Å². The number of urea groups is 1. The maximum atomic E-state index is 10.9. The van der Waals surface area contributed by atoms with Crippen LogP contribution in [0.25, 0.3) is 0 Å². The summed E-state index contributed by atoms with van der Waals surface area (Å²) in [5.41, 5.74) is 4.06. The minimum Gasteiger partial charge on any atom is -0.390 e. The number of nitrogens with zero attached hydrogens (tertiary/aromatic N) is 2. The van der Waals surface area contributed by atoms with Gasteiger partial charge in [-0.2, -0.15) is 5.26 Å². The summed E-state index contributed by atoms with van der Waals surface area (Å²) in [5, 5.41) is 13.2. The normalized spacial score (nSPS) is 9.79. The molecule has 0 heterocycles. The number of oxime groups is 1. The number of hydrogen-bond acceptors (Lipinski definition) is 5. The smallest absolute Gasteiger partial charge is 0.319 e. The Kier molecular flexibility index (Phi) is 5.15. The zero-order valence-corrected chi connectivity index (χ0v) is 7.19. The Bertz CT molecular complexity index is 315. The van der Waals surface area contributed by atoms with Crippen molar-refractivity contribution in [2.45, 2.75) is 0 Å². The second-order valence-corrected chi connectivity index (χ2v) is 1.95. The number of carbonyl (C=O) groups is 2. The minimum absolute atomic E-state index is 0.0506. The predicted molar refractivity (Wildman–Crippen MR) is 46.9 cm³/mol. The lowest BCUT2D eigenvalue weighted by Gasteiger charge is -1.97. The average Bonchev–Trinajstić information content (AvgIpc) is 2.11. The average molecular weight is 196 g/mol. The first-order valence-corrected chi connectivity index (χ1v) is 3.43. The van der Waals surface area contributed by atoms with Gasteiger partial charge in [-0.1, -0.05) is 17.8 Å². The van der Waals surface area contributed by atoms with Crippen molar-refractivity contribution < 1.29 is 14.4 Å². The van der Waals surface area contributed by atoms with Crippen LogP contribution in [0.2, 0.25) is 0 Å². The van der Waals surface area contributed by atoms with E-state index in [1.807, 2.05) is 0 Å². The number of carbonyl (C=O) groups excluding carboxylic acids is 2. The SMILES string of the molecule is C=CCON=C(C#N)C(=O)NC(N)=O. The van der Waals surface area contributed by atoms with Gasteiger partial charge in [-0.25, -0.2) is 4.79 Å². The van der Waals surface area contributed by atoms with Crippen molar-refractivity contribution in [1.29, 1.82) is 5.26 Å². The molecule has 0 unspecified atom stereocenters. The number of amides is 3. The molecule has 0 aliphatic rings. The molecule has 0 saturated carbocycles. The molecule has 0 radical (unpaired) electrons. The monoisotopic (exact) mass is 196 g/mol. The highest BCUT2D eigenvalue weighted by atomic mass is 16.6. The Labute approximate surface area is 79.8 Å². The van der Waals surface area contributed by atoms with Crippen molar-refractivity contribution in [2.75, 3.05) is 6.61 Å². The molecule has 0 fully saturated rings. The first kappa shape index (κ1) is 11.6. The summed E-state index contributed by atoms with van der Waals surface area (Å²) < 4.78 is 0. The third kappa shape index (κ3) is 4.50. The summed E-state index contributed by atoms with van der Waals surface area (Å²) >= 11 is 0. The maximum absolute atomic E-state index is 10.9. The standard InChI is InChI=1S/C7H8N4O3/c1-2-3-14-11-5(4-8)6(12)10-7(9)13/h2H,1,3H2,(H3,9,10,12,13). The fourth-order valence-electron chi connectivity index (χ4n) is 0.438. The third-order valence-electron chi connectivity index (χ3n) is 0.906. The lowest BCUT2D eigenvalue weighted by atomic mass is 10.4. The van der Waals surface area contributed by atoms with Crippen LogP contribution in [-0.2, 0) is 9.63 Å². The van der Waals surface area contributed by atoms with Crippen LogP contribution < -0.4 is 11.1 Å². The first-order valence-electron chi connectivity index (χ1n) is 3.43. The van der Waals surface area contributed by atoms with Gasteiger partial charge in [-0.05, 0) is 0 Å². The number of rotatable bonds is 4. The highest BCUT2D eigenvalue weighted by Crippen LogP contribution is 1.82. The number of primary amides is 1. The van der Waals surface area contributed by atoms with Gasteiger partial charge < -0.3 is 10.6 Å². The fraction of sp³-hybridized carbons (Fsp3) is 0.143. The van der Waals surface area contributed by atoms with Crippen LogP contribution in [0.15, 0.2) is 17.8 Å². The second kappa shape index (κ2) is 6.19. The van der Waals surface area contributed by atoms with Crippen molar-refractivity contribution >= 4 is 17.6 Å². The van der Waals surface area contributed by atoms with Crippen molar-refractivity contribution in [2.24, 2.45) is 10.9 Å². The van der Waals surface area contributed by atoms with E-state index in [9.17, 15) is 9.59 Å². The lowest BCUT2D eigenvalue weighted by molar-refractivity contribution is -0.113. The van der Waals surface area contributed by atoms with Crippen LogP contribution in [-0.4, -0.2) is 24.3 Å². The Morgan fingerprint density at radius 1 is 1.71 bits per heavy atom. The predicted octanol–water partition coefficient (Wildman–Crippen LogP) is -0.737. The molecule has 74 valence electrons. The molecule has 0 aromatic carbocycles. The molecule has 7 heteroatoms. The molecule has 3 amide bonds. The van der Waals surface area contributed by atoms with Gasteiger partial charge in [0, 0.05) is 0 Å². The van der Waals surface area contributed by atoms with Crippen molar-refractivity contribution in [1.82, 2.24) is 5.32 Å². The largest absolute Gasteiger partial charge is 0.390 e. The molecule has 0 rings (SSSR count). The van der Waals surface area contributed by atoms with Crippen LogP contribution in [0, 0.1) is 11.3 Å². The number of nitrogens with two attached hydrogens (primary N) is 1.